The summed E-state index contributed by atoms with van der Waals surface area (Å²) in [5, 5.41) is 12.4. The Bertz CT molecular complexity index is 439. The largest absolute Gasteiger partial charge is 0.381 e. The Balaban J connectivity index is 2.12. The predicted octanol–water partition coefficient (Wildman–Crippen LogP) is 3.00. The van der Waals surface area contributed by atoms with Crippen LogP contribution in [0, 0.1) is 11.3 Å². The molecule has 3 N–H and O–H groups in total. The van der Waals surface area contributed by atoms with Crippen LogP contribution in [0.15, 0.2) is 22.7 Å². The van der Waals surface area contributed by atoms with Crippen LogP contribution in [0.5, 0.6) is 0 Å². The SMILES string of the molecule is N#Cc1cc(Br)cc(N[C@@H]2CCCC[C@H]2N)c1. The summed E-state index contributed by atoms with van der Waals surface area (Å²) in [6, 6.07) is 8.36. The maximum atomic E-state index is 8.92. The zero-order valence-electron chi connectivity index (χ0n) is 9.62. The molecular formula is C13H16BrN3. The van der Waals surface area contributed by atoms with Gasteiger partial charge in [-0.3, -0.25) is 0 Å². The minimum absolute atomic E-state index is 0.216. The molecule has 0 radical (unpaired) electrons. The number of hydrogen-bond donors (Lipinski definition) is 2. The monoisotopic (exact) mass is 293 g/mol. The fourth-order valence-corrected chi connectivity index (χ4v) is 2.78. The van der Waals surface area contributed by atoms with Crippen LogP contribution in [0.25, 0.3) is 0 Å². The number of nitrogens with two attached hydrogens (primary N) is 1. The number of nitrogens with zero attached hydrogens (tertiary/aromatic N) is 1. The number of anilines is 1. The summed E-state index contributed by atoms with van der Waals surface area (Å²) in [5.41, 5.74) is 7.73. The van der Waals surface area contributed by atoms with E-state index in [4.69, 9.17) is 11.0 Å². The van der Waals surface area contributed by atoms with E-state index in [1.54, 1.807) is 0 Å². The van der Waals surface area contributed by atoms with Crippen molar-refractivity contribution in [2.24, 2.45) is 5.73 Å². The van der Waals surface area contributed by atoms with Gasteiger partial charge in [0.1, 0.15) is 0 Å². The van der Waals surface area contributed by atoms with Crippen molar-refractivity contribution < 1.29 is 0 Å². The lowest BCUT2D eigenvalue weighted by Crippen LogP contribution is -2.42. The molecule has 0 aliphatic heterocycles. The van der Waals surface area contributed by atoms with Crippen LogP contribution in [0.2, 0.25) is 0 Å². The van der Waals surface area contributed by atoms with Crippen molar-refractivity contribution >= 4 is 21.6 Å². The fourth-order valence-electron chi connectivity index (χ4n) is 2.29. The number of nitriles is 1. The van der Waals surface area contributed by atoms with Crippen LogP contribution in [0.3, 0.4) is 0 Å². The first-order valence-electron chi connectivity index (χ1n) is 5.92. The standard InChI is InChI=1S/C13H16BrN3/c14-10-5-9(8-15)6-11(7-10)17-13-4-2-1-3-12(13)16/h5-7,12-13,17H,1-4,16H2/t12-,13-/m1/s1. The molecule has 1 aromatic rings. The highest BCUT2D eigenvalue weighted by Crippen LogP contribution is 2.24. The summed E-state index contributed by atoms with van der Waals surface area (Å²) in [6.07, 6.45) is 4.64. The third kappa shape index (κ3) is 3.21. The minimum Gasteiger partial charge on any atom is -0.381 e. The quantitative estimate of drug-likeness (QED) is 0.881. The van der Waals surface area contributed by atoms with E-state index in [1.165, 1.54) is 12.8 Å². The van der Waals surface area contributed by atoms with Gasteiger partial charge in [-0.05, 0) is 31.0 Å². The van der Waals surface area contributed by atoms with Crippen LogP contribution in [-0.4, -0.2) is 12.1 Å². The Morgan fingerprint density at radius 3 is 2.76 bits per heavy atom. The van der Waals surface area contributed by atoms with Crippen molar-refractivity contribution in [3.05, 3.63) is 28.2 Å². The number of rotatable bonds is 2. The van der Waals surface area contributed by atoms with E-state index < -0.39 is 0 Å². The third-order valence-electron chi connectivity index (χ3n) is 3.20. The Hall–Kier alpha value is -1.05. The van der Waals surface area contributed by atoms with Crippen molar-refractivity contribution in [1.29, 1.82) is 5.26 Å². The van der Waals surface area contributed by atoms with Crippen molar-refractivity contribution in [1.82, 2.24) is 0 Å². The molecule has 4 heteroatoms. The molecule has 1 saturated carbocycles. The lowest BCUT2D eigenvalue weighted by molar-refractivity contribution is 0.404. The Labute approximate surface area is 110 Å². The van der Waals surface area contributed by atoms with Crippen molar-refractivity contribution in [2.45, 2.75) is 37.8 Å². The molecule has 0 bridgehead atoms. The highest BCUT2D eigenvalue weighted by molar-refractivity contribution is 9.10. The van der Waals surface area contributed by atoms with Gasteiger partial charge in [0.2, 0.25) is 0 Å². The maximum absolute atomic E-state index is 8.92. The van der Waals surface area contributed by atoms with Gasteiger partial charge < -0.3 is 11.1 Å². The van der Waals surface area contributed by atoms with E-state index in [2.05, 4.69) is 27.3 Å². The van der Waals surface area contributed by atoms with Crippen molar-refractivity contribution in [3.8, 4) is 6.07 Å². The fraction of sp³-hybridized carbons (Fsp3) is 0.462. The summed E-state index contributed by atoms with van der Waals surface area (Å²) in [5.74, 6) is 0. The summed E-state index contributed by atoms with van der Waals surface area (Å²) in [4.78, 5) is 0. The van der Waals surface area contributed by atoms with Gasteiger partial charge in [0, 0.05) is 22.2 Å². The molecule has 0 aromatic heterocycles. The molecule has 17 heavy (non-hydrogen) atoms. The molecule has 0 amide bonds. The summed E-state index contributed by atoms with van der Waals surface area (Å²) < 4.78 is 0.920. The Morgan fingerprint density at radius 2 is 2.06 bits per heavy atom. The average Bonchev–Trinajstić information content (AvgIpc) is 2.31. The van der Waals surface area contributed by atoms with E-state index in [1.807, 2.05) is 18.2 Å². The third-order valence-corrected chi connectivity index (χ3v) is 3.66. The summed E-state index contributed by atoms with van der Waals surface area (Å²) in [6.45, 7) is 0. The average molecular weight is 294 g/mol. The number of hydrogen-bond acceptors (Lipinski definition) is 3. The highest BCUT2D eigenvalue weighted by Gasteiger charge is 2.21. The van der Waals surface area contributed by atoms with Gasteiger partial charge in [0.05, 0.1) is 11.6 Å². The number of nitrogens with one attached hydrogen (secondary N) is 1. The molecule has 2 atom stereocenters. The molecular weight excluding hydrogens is 278 g/mol. The normalized spacial score (nSPS) is 24.1. The van der Waals surface area contributed by atoms with Gasteiger partial charge in [0.25, 0.3) is 0 Å². The number of benzene rings is 1. The van der Waals surface area contributed by atoms with E-state index in [9.17, 15) is 0 Å². The molecule has 1 aromatic carbocycles. The molecule has 3 nitrogen and oxygen atoms in total. The van der Waals surface area contributed by atoms with Gasteiger partial charge in [-0.25, -0.2) is 0 Å². The van der Waals surface area contributed by atoms with Gasteiger partial charge in [0.15, 0.2) is 0 Å². The lowest BCUT2D eigenvalue weighted by Gasteiger charge is -2.30. The molecule has 1 aliphatic rings. The second-order valence-electron chi connectivity index (χ2n) is 4.54. The van der Waals surface area contributed by atoms with Crippen LogP contribution >= 0.6 is 15.9 Å². The molecule has 0 spiro atoms. The number of halogens is 1. The highest BCUT2D eigenvalue weighted by atomic mass is 79.9. The van der Waals surface area contributed by atoms with E-state index in [-0.39, 0.29) is 6.04 Å². The first kappa shape index (κ1) is 12.4. The van der Waals surface area contributed by atoms with Gasteiger partial charge in [-0.1, -0.05) is 28.8 Å². The summed E-state index contributed by atoms with van der Waals surface area (Å²) >= 11 is 3.41. The Morgan fingerprint density at radius 1 is 1.29 bits per heavy atom. The first-order valence-corrected chi connectivity index (χ1v) is 6.71. The zero-order valence-corrected chi connectivity index (χ0v) is 11.2. The second-order valence-corrected chi connectivity index (χ2v) is 5.46. The topological polar surface area (TPSA) is 61.8 Å². The first-order chi connectivity index (χ1) is 8.19. The molecule has 1 aliphatic carbocycles. The molecule has 1 fully saturated rings. The van der Waals surface area contributed by atoms with Crippen LogP contribution in [0.1, 0.15) is 31.2 Å². The molecule has 90 valence electrons. The van der Waals surface area contributed by atoms with E-state index in [0.29, 0.717) is 11.6 Å². The van der Waals surface area contributed by atoms with E-state index >= 15 is 0 Å². The predicted molar refractivity (Wildman–Crippen MR) is 72.7 cm³/mol. The minimum atomic E-state index is 0.216. The van der Waals surface area contributed by atoms with Crippen LogP contribution in [-0.2, 0) is 0 Å². The van der Waals surface area contributed by atoms with Crippen molar-refractivity contribution in [2.75, 3.05) is 5.32 Å². The molecule has 2 rings (SSSR count). The zero-order chi connectivity index (χ0) is 12.3. The molecule has 0 saturated heterocycles. The van der Waals surface area contributed by atoms with E-state index in [0.717, 1.165) is 23.0 Å². The van der Waals surface area contributed by atoms with Crippen LogP contribution < -0.4 is 11.1 Å². The van der Waals surface area contributed by atoms with Crippen LogP contribution in [0.4, 0.5) is 5.69 Å². The van der Waals surface area contributed by atoms with Crippen molar-refractivity contribution in [3.63, 3.8) is 0 Å². The maximum Gasteiger partial charge on any atom is 0.0992 e. The smallest absolute Gasteiger partial charge is 0.0992 e. The lowest BCUT2D eigenvalue weighted by atomic mass is 9.91. The van der Waals surface area contributed by atoms with Gasteiger partial charge >= 0.3 is 0 Å². The van der Waals surface area contributed by atoms with Gasteiger partial charge in [-0.2, -0.15) is 5.26 Å². The second kappa shape index (κ2) is 5.52. The molecule has 0 unspecified atom stereocenters. The summed E-state index contributed by atoms with van der Waals surface area (Å²) in [7, 11) is 0. The van der Waals surface area contributed by atoms with Gasteiger partial charge in [-0.15, -0.1) is 0 Å². The Kier molecular flexibility index (Phi) is 4.03. The molecule has 0 heterocycles.